The highest BCUT2D eigenvalue weighted by atomic mass is 35.5. The van der Waals surface area contributed by atoms with Crippen LogP contribution in [0.5, 0.6) is 0 Å². The molecule has 0 saturated heterocycles. The van der Waals surface area contributed by atoms with Crippen molar-refractivity contribution < 1.29 is 9.32 Å². The Balaban J connectivity index is 0.00000264. The number of pyridine rings is 1. The molecule has 2 aromatic heterocycles. The van der Waals surface area contributed by atoms with E-state index in [2.05, 4.69) is 27.7 Å². The molecule has 0 saturated carbocycles. The first-order chi connectivity index (χ1) is 10.5. The van der Waals surface area contributed by atoms with Crippen molar-refractivity contribution in [2.45, 2.75) is 40.0 Å². The molecular formula is C16H25ClN4O2. The normalized spacial score (nSPS) is 10.8. The molecule has 128 valence electrons. The summed E-state index contributed by atoms with van der Waals surface area (Å²) in [4.78, 5) is 16.9. The molecule has 0 radical (unpaired) electrons. The van der Waals surface area contributed by atoms with Crippen molar-refractivity contribution in [3.63, 3.8) is 0 Å². The van der Waals surface area contributed by atoms with Gasteiger partial charge in [0.1, 0.15) is 0 Å². The maximum atomic E-state index is 12.5. The molecule has 2 N–H and O–H groups in total. The second-order valence-corrected chi connectivity index (χ2v) is 5.70. The zero-order valence-electron chi connectivity index (χ0n) is 14.1. The Hall–Kier alpha value is -1.66. The fourth-order valence-corrected chi connectivity index (χ4v) is 2.25. The highest BCUT2D eigenvalue weighted by Crippen LogP contribution is 2.24. The monoisotopic (exact) mass is 340 g/mol. The van der Waals surface area contributed by atoms with E-state index in [1.165, 1.54) is 0 Å². The molecule has 0 aromatic carbocycles. The first kappa shape index (κ1) is 19.4. The average molecular weight is 341 g/mol. The summed E-state index contributed by atoms with van der Waals surface area (Å²) in [6.45, 7) is 10.3. The summed E-state index contributed by atoms with van der Waals surface area (Å²) in [5.41, 5.74) is 2.53. The molecule has 0 atom stereocenters. The number of nitrogens with zero attached hydrogens (tertiary/aromatic N) is 2. The van der Waals surface area contributed by atoms with E-state index in [4.69, 9.17) is 4.52 Å². The van der Waals surface area contributed by atoms with Crippen LogP contribution in [0.3, 0.4) is 0 Å². The fourth-order valence-electron chi connectivity index (χ4n) is 2.25. The van der Waals surface area contributed by atoms with Gasteiger partial charge in [-0.3, -0.25) is 4.79 Å². The predicted octanol–water partition coefficient (Wildman–Crippen LogP) is 2.81. The Morgan fingerprint density at radius 2 is 2.04 bits per heavy atom. The van der Waals surface area contributed by atoms with E-state index in [0.29, 0.717) is 28.9 Å². The van der Waals surface area contributed by atoms with Crippen LogP contribution in [0.4, 0.5) is 0 Å². The summed E-state index contributed by atoms with van der Waals surface area (Å²) in [6.07, 6.45) is 1.08. The molecule has 2 heterocycles. The van der Waals surface area contributed by atoms with Gasteiger partial charge in [-0.2, -0.15) is 0 Å². The van der Waals surface area contributed by atoms with Crippen LogP contribution in [0.25, 0.3) is 11.1 Å². The van der Waals surface area contributed by atoms with Gasteiger partial charge in [-0.05, 0) is 31.9 Å². The summed E-state index contributed by atoms with van der Waals surface area (Å²) < 4.78 is 5.23. The van der Waals surface area contributed by atoms with Gasteiger partial charge in [0.2, 0.25) is 0 Å². The topological polar surface area (TPSA) is 80.0 Å². The molecule has 6 nitrogen and oxygen atoms in total. The zero-order valence-corrected chi connectivity index (χ0v) is 14.9. The minimum Gasteiger partial charge on any atom is -0.351 e. The first-order valence-corrected chi connectivity index (χ1v) is 7.80. The Labute approximate surface area is 142 Å². The second-order valence-electron chi connectivity index (χ2n) is 5.70. The fraction of sp³-hybridized carbons (Fsp3) is 0.562. The van der Waals surface area contributed by atoms with E-state index >= 15 is 0 Å². The molecule has 0 aliphatic heterocycles. The molecule has 23 heavy (non-hydrogen) atoms. The average Bonchev–Trinajstić information content (AvgIpc) is 2.87. The van der Waals surface area contributed by atoms with Gasteiger partial charge in [0.05, 0.1) is 16.6 Å². The van der Waals surface area contributed by atoms with Crippen molar-refractivity contribution in [3.8, 4) is 0 Å². The summed E-state index contributed by atoms with van der Waals surface area (Å²) in [5.74, 6) is 0.103. The first-order valence-electron chi connectivity index (χ1n) is 7.80. The van der Waals surface area contributed by atoms with Gasteiger partial charge in [0.15, 0.2) is 0 Å². The zero-order chi connectivity index (χ0) is 16.1. The number of carbonyl (C=O) groups is 1. The van der Waals surface area contributed by atoms with Crippen LogP contribution in [0, 0.1) is 6.92 Å². The van der Waals surface area contributed by atoms with Gasteiger partial charge in [0.25, 0.3) is 11.6 Å². The lowest BCUT2D eigenvalue weighted by Crippen LogP contribution is -2.32. The standard InChI is InChI=1S/C16H24N4O2.ClH/c1-5-6-17-7-8-18-15(21)12-9-13(10(2)3)19-16-14(12)11(4)20-22-16;/h9-10,17H,5-8H2,1-4H3,(H,18,21);1H. The van der Waals surface area contributed by atoms with Crippen molar-refractivity contribution >= 4 is 29.4 Å². The van der Waals surface area contributed by atoms with Crippen molar-refractivity contribution in [3.05, 3.63) is 23.0 Å². The van der Waals surface area contributed by atoms with Crippen molar-refractivity contribution in [2.24, 2.45) is 0 Å². The molecule has 0 aliphatic carbocycles. The molecule has 7 heteroatoms. The Morgan fingerprint density at radius 3 is 2.70 bits per heavy atom. The van der Waals surface area contributed by atoms with Crippen molar-refractivity contribution in [1.82, 2.24) is 20.8 Å². The predicted molar refractivity (Wildman–Crippen MR) is 93.4 cm³/mol. The van der Waals surface area contributed by atoms with E-state index in [0.717, 1.165) is 25.2 Å². The molecular weight excluding hydrogens is 316 g/mol. The number of carbonyl (C=O) groups excluding carboxylic acids is 1. The lowest BCUT2D eigenvalue weighted by molar-refractivity contribution is 0.0955. The Bertz CT molecular complexity index is 655. The van der Waals surface area contributed by atoms with Crippen LogP contribution < -0.4 is 10.6 Å². The highest BCUT2D eigenvalue weighted by molar-refractivity contribution is 6.06. The number of hydrogen-bond donors (Lipinski definition) is 2. The number of aromatic nitrogens is 2. The highest BCUT2D eigenvalue weighted by Gasteiger charge is 2.19. The molecule has 0 spiro atoms. The molecule has 2 aromatic rings. The van der Waals surface area contributed by atoms with Crippen LogP contribution in [0.2, 0.25) is 0 Å². The third-order valence-electron chi connectivity index (χ3n) is 3.49. The van der Waals surface area contributed by atoms with Gasteiger partial charge >= 0.3 is 0 Å². The number of amides is 1. The number of aryl methyl sites for hydroxylation is 1. The largest absolute Gasteiger partial charge is 0.351 e. The van der Waals surface area contributed by atoms with E-state index in [-0.39, 0.29) is 24.2 Å². The quantitative estimate of drug-likeness (QED) is 0.757. The summed E-state index contributed by atoms with van der Waals surface area (Å²) in [7, 11) is 0. The van der Waals surface area contributed by atoms with E-state index in [1.54, 1.807) is 0 Å². The third kappa shape index (κ3) is 4.65. The Morgan fingerprint density at radius 1 is 1.30 bits per heavy atom. The number of fused-ring (bicyclic) bond motifs is 1. The van der Waals surface area contributed by atoms with Gasteiger partial charge < -0.3 is 15.2 Å². The van der Waals surface area contributed by atoms with Gasteiger partial charge in [-0.15, -0.1) is 12.4 Å². The number of halogens is 1. The SMILES string of the molecule is CCCNCCNC(=O)c1cc(C(C)C)nc2onc(C)c12.Cl. The number of hydrogen-bond acceptors (Lipinski definition) is 5. The summed E-state index contributed by atoms with van der Waals surface area (Å²) in [5, 5.41) is 10.8. The smallest absolute Gasteiger partial charge is 0.259 e. The number of nitrogens with one attached hydrogen (secondary N) is 2. The van der Waals surface area contributed by atoms with E-state index < -0.39 is 0 Å². The van der Waals surface area contributed by atoms with Crippen molar-refractivity contribution in [2.75, 3.05) is 19.6 Å². The van der Waals surface area contributed by atoms with Gasteiger partial charge in [0, 0.05) is 18.8 Å². The molecule has 1 amide bonds. The van der Waals surface area contributed by atoms with Gasteiger partial charge in [-0.1, -0.05) is 25.9 Å². The maximum Gasteiger partial charge on any atom is 0.259 e. The minimum absolute atomic E-state index is 0. The summed E-state index contributed by atoms with van der Waals surface area (Å²) >= 11 is 0. The summed E-state index contributed by atoms with van der Waals surface area (Å²) in [6, 6.07) is 1.84. The van der Waals surface area contributed by atoms with Crippen LogP contribution in [-0.4, -0.2) is 35.7 Å². The van der Waals surface area contributed by atoms with Crippen LogP contribution >= 0.6 is 12.4 Å². The lowest BCUT2D eigenvalue weighted by atomic mass is 10.0. The van der Waals surface area contributed by atoms with Gasteiger partial charge in [-0.25, -0.2) is 4.98 Å². The molecule has 2 rings (SSSR count). The third-order valence-corrected chi connectivity index (χ3v) is 3.49. The maximum absolute atomic E-state index is 12.5. The van der Waals surface area contributed by atoms with Crippen LogP contribution in [0.1, 0.15) is 54.9 Å². The second kappa shape index (κ2) is 8.84. The Kier molecular flexibility index (Phi) is 7.45. The van der Waals surface area contributed by atoms with Crippen molar-refractivity contribution in [1.29, 1.82) is 0 Å². The molecule has 0 fully saturated rings. The van der Waals surface area contributed by atoms with Crippen LogP contribution in [-0.2, 0) is 0 Å². The molecule has 0 unspecified atom stereocenters. The lowest BCUT2D eigenvalue weighted by Gasteiger charge is -2.10. The van der Waals surface area contributed by atoms with E-state index in [1.807, 2.05) is 26.8 Å². The molecule has 0 aliphatic rings. The number of rotatable bonds is 7. The molecule has 0 bridgehead atoms. The van der Waals surface area contributed by atoms with E-state index in [9.17, 15) is 4.79 Å². The minimum atomic E-state index is -0.112. The van der Waals surface area contributed by atoms with Crippen LogP contribution in [0.15, 0.2) is 10.6 Å².